The first kappa shape index (κ1) is 31.2. The third-order valence-electron chi connectivity index (χ3n) is 2.72. The number of esters is 1. The molecule has 0 spiro atoms. The molecular formula is C19H31N3O7S2. The summed E-state index contributed by atoms with van der Waals surface area (Å²) in [5, 5.41) is 10.1. The first-order chi connectivity index (χ1) is 14.8. The number of thiazole rings is 1. The summed E-state index contributed by atoms with van der Waals surface area (Å²) < 4.78 is 24.5. The minimum absolute atomic E-state index is 0.198. The molecule has 0 aliphatic carbocycles. The second kappa shape index (κ2) is 21.2. The fourth-order valence-electron chi connectivity index (χ4n) is 1.58. The van der Waals surface area contributed by atoms with Crippen molar-refractivity contribution < 1.29 is 33.3 Å². The lowest BCUT2D eigenvalue weighted by Gasteiger charge is -2.14. The van der Waals surface area contributed by atoms with Crippen molar-refractivity contribution in [2.75, 3.05) is 33.0 Å². The highest BCUT2D eigenvalue weighted by atomic mass is 32.1. The number of carbonyl (C=O) groups excluding carboxylic acids is 2. The molecule has 1 aromatic heterocycles. The van der Waals surface area contributed by atoms with Crippen molar-refractivity contribution in [2.24, 2.45) is 5.73 Å². The molecule has 0 aromatic carbocycles. The van der Waals surface area contributed by atoms with Crippen LogP contribution in [-0.2, 0) is 23.7 Å². The van der Waals surface area contributed by atoms with Crippen molar-refractivity contribution >= 4 is 40.8 Å². The molecule has 0 fully saturated rings. The molecule has 0 amide bonds. The number of thiocarbonyl (C=S) groups is 1. The zero-order valence-corrected chi connectivity index (χ0v) is 20.1. The number of hydrogen-bond acceptors (Lipinski definition) is 11. The SMILES string of the molecule is CCOC(=O)c1csc(C=O)n1.CCOC(C#N)OCC.CCOC(OCC)C(N)=S. The van der Waals surface area contributed by atoms with Crippen LogP contribution >= 0.6 is 23.6 Å². The van der Waals surface area contributed by atoms with Gasteiger partial charge >= 0.3 is 5.97 Å². The lowest BCUT2D eigenvalue weighted by Crippen LogP contribution is -2.32. The van der Waals surface area contributed by atoms with E-state index in [4.69, 9.17) is 29.9 Å². The summed E-state index contributed by atoms with van der Waals surface area (Å²) >= 11 is 5.80. The Kier molecular flexibility index (Phi) is 21.4. The Balaban J connectivity index is 0. The van der Waals surface area contributed by atoms with E-state index in [0.717, 1.165) is 11.3 Å². The van der Waals surface area contributed by atoms with Crippen LogP contribution in [0.1, 0.15) is 54.9 Å². The van der Waals surface area contributed by atoms with Crippen molar-refractivity contribution in [2.45, 2.75) is 47.2 Å². The number of rotatable bonds is 12. The van der Waals surface area contributed by atoms with Crippen LogP contribution in [0, 0.1) is 11.3 Å². The van der Waals surface area contributed by atoms with Gasteiger partial charge in [-0.1, -0.05) is 12.2 Å². The summed E-state index contributed by atoms with van der Waals surface area (Å²) in [5.74, 6) is -0.484. The Morgan fingerprint density at radius 3 is 1.97 bits per heavy atom. The third kappa shape index (κ3) is 16.4. The lowest BCUT2D eigenvalue weighted by atomic mass is 10.5. The van der Waals surface area contributed by atoms with Crippen LogP contribution in [0.3, 0.4) is 0 Å². The van der Waals surface area contributed by atoms with E-state index >= 15 is 0 Å². The molecule has 10 nitrogen and oxygen atoms in total. The van der Waals surface area contributed by atoms with Crippen molar-refractivity contribution in [3.05, 3.63) is 16.1 Å². The quantitative estimate of drug-likeness (QED) is 0.205. The van der Waals surface area contributed by atoms with Crippen molar-refractivity contribution in [1.82, 2.24) is 4.98 Å². The highest BCUT2D eigenvalue weighted by molar-refractivity contribution is 7.80. The topological polar surface area (TPSA) is 143 Å². The van der Waals surface area contributed by atoms with Gasteiger partial charge in [0.2, 0.25) is 12.6 Å². The Hall–Kier alpha value is -2.01. The molecule has 1 heterocycles. The fourth-order valence-corrected chi connectivity index (χ4v) is 2.31. The van der Waals surface area contributed by atoms with Crippen LogP contribution in [0.4, 0.5) is 0 Å². The molecule has 0 atom stereocenters. The van der Waals surface area contributed by atoms with Gasteiger partial charge in [0, 0.05) is 31.8 Å². The van der Waals surface area contributed by atoms with E-state index in [0.29, 0.717) is 39.3 Å². The number of hydrogen-bond donors (Lipinski definition) is 1. The number of carbonyl (C=O) groups is 2. The molecule has 31 heavy (non-hydrogen) atoms. The molecule has 0 bridgehead atoms. The molecule has 0 saturated carbocycles. The van der Waals surface area contributed by atoms with E-state index < -0.39 is 18.5 Å². The molecule has 0 aliphatic rings. The summed E-state index contributed by atoms with van der Waals surface area (Å²) in [7, 11) is 0. The number of nitriles is 1. The van der Waals surface area contributed by atoms with Gasteiger partial charge in [0.25, 0.3) is 0 Å². The summed E-state index contributed by atoms with van der Waals surface area (Å²) in [6.45, 7) is 11.5. The average Bonchev–Trinajstić information content (AvgIpc) is 3.24. The number of aldehydes is 1. The highest BCUT2D eigenvalue weighted by Crippen LogP contribution is 2.08. The zero-order chi connectivity index (χ0) is 24.1. The normalized spacial score (nSPS) is 9.74. The van der Waals surface area contributed by atoms with E-state index in [2.05, 4.69) is 21.9 Å². The van der Waals surface area contributed by atoms with Crippen LogP contribution in [0.2, 0.25) is 0 Å². The van der Waals surface area contributed by atoms with E-state index in [-0.39, 0.29) is 15.7 Å². The van der Waals surface area contributed by atoms with Gasteiger partial charge in [-0.2, -0.15) is 5.26 Å². The Morgan fingerprint density at radius 1 is 1.13 bits per heavy atom. The van der Waals surface area contributed by atoms with Gasteiger partial charge in [-0.3, -0.25) is 4.79 Å². The lowest BCUT2D eigenvalue weighted by molar-refractivity contribution is -0.0982. The van der Waals surface area contributed by atoms with E-state index in [1.165, 1.54) is 5.38 Å². The maximum absolute atomic E-state index is 11.0. The van der Waals surface area contributed by atoms with Crippen LogP contribution in [0.15, 0.2) is 5.38 Å². The Labute approximate surface area is 192 Å². The molecule has 1 rings (SSSR count). The first-order valence-electron chi connectivity index (χ1n) is 9.57. The highest BCUT2D eigenvalue weighted by Gasteiger charge is 2.10. The van der Waals surface area contributed by atoms with Gasteiger partial charge in [-0.05, 0) is 34.6 Å². The van der Waals surface area contributed by atoms with Gasteiger partial charge in [0.05, 0.1) is 6.61 Å². The molecule has 0 aliphatic heterocycles. The largest absolute Gasteiger partial charge is 0.461 e. The van der Waals surface area contributed by atoms with Gasteiger partial charge in [-0.15, -0.1) is 11.3 Å². The minimum atomic E-state index is -0.681. The zero-order valence-electron chi connectivity index (χ0n) is 18.5. The van der Waals surface area contributed by atoms with Gasteiger partial charge in [0.15, 0.2) is 17.0 Å². The molecule has 0 saturated heterocycles. The molecule has 0 radical (unpaired) electrons. The first-order valence-corrected chi connectivity index (χ1v) is 10.9. The van der Waals surface area contributed by atoms with E-state index in [1.54, 1.807) is 6.92 Å². The number of nitrogens with zero attached hydrogens (tertiary/aromatic N) is 2. The molecular weight excluding hydrogens is 446 g/mol. The van der Waals surface area contributed by atoms with Crippen LogP contribution in [0.5, 0.6) is 0 Å². The van der Waals surface area contributed by atoms with Crippen molar-refractivity contribution in [3.8, 4) is 6.07 Å². The molecule has 1 aromatic rings. The molecule has 176 valence electrons. The summed E-state index contributed by atoms with van der Waals surface area (Å²) in [6.07, 6.45) is -0.585. The summed E-state index contributed by atoms with van der Waals surface area (Å²) in [5.41, 5.74) is 5.49. The van der Waals surface area contributed by atoms with E-state index in [1.807, 2.05) is 33.8 Å². The molecule has 12 heteroatoms. The second-order valence-corrected chi connectivity index (χ2v) is 6.29. The third-order valence-corrected chi connectivity index (χ3v) is 3.68. The minimum Gasteiger partial charge on any atom is -0.461 e. The van der Waals surface area contributed by atoms with Gasteiger partial charge in [-0.25, -0.2) is 9.78 Å². The van der Waals surface area contributed by atoms with Crippen LogP contribution in [0.25, 0.3) is 0 Å². The average molecular weight is 478 g/mol. The Bertz CT molecular complexity index is 653. The maximum atomic E-state index is 11.0. The predicted molar refractivity (Wildman–Crippen MR) is 120 cm³/mol. The van der Waals surface area contributed by atoms with Gasteiger partial charge < -0.3 is 29.4 Å². The molecule has 2 N–H and O–H groups in total. The van der Waals surface area contributed by atoms with Crippen LogP contribution < -0.4 is 5.73 Å². The second-order valence-electron chi connectivity index (χ2n) is 4.93. The monoisotopic (exact) mass is 477 g/mol. The Morgan fingerprint density at radius 2 is 1.65 bits per heavy atom. The summed E-state index contributed by atoms with van der Waals surface area (Å²) in [6, 6.07) is 1.86. The smallest absolute Gasteiger partial charge is 0.357 e. The predicted octanol–water partition coefficient (Wildman–Crippen LogP) is 2.71. The van der Waals surface area contributed by atoms with E-state index in [9.17, 15) is 9.59 Å². The molecule has 0 unspecified atom stereocenters. The summed E-state index contributed by atoms with van der Waals surface area (Å²) in [4.78, 5) is 25.2. The van der Waals surface area contributed by atoms with Crippen molar-refractivity contribution in [3.63, 3.8) is 0 Å². The standard InChI is InChI=1S/C7H7NO3S.C6H13NO2S.C6H11NO2/c1-2-11-7(10)5-4-12-6(3-9)8-5;1-3-8-6(5(7)10)9-4-2;1-3-8-6(5-7)9-4-2/h3-4H,2H2,1H3;6H,3-4H2,1-2H3,(H2,7,10);6H,3-4H2,1-2H3. The maximum Gasteiger partial charge on any atom is 0.357 e. The fraction of sp³-hybridized carbons (Fsp3) is 0.632. The van der Waals surface area contributed by atoms with Crippen molar-refractivity contribution in [1.29, 1.82) is 5.26 Å². The number of ether oxygens (including phenoxy) is 5. The number of nitrogens with two attached hydrogens (primary N) is 1. The van der Waals surface area contributed by atoms with Crippen LogP contribution in [-0.4, -0.2) is 67.8 Å². The van der Waals surface area contributed by atoms with Gasteiger partial charge in [0.1, 0.15) is 11.1 Å². The number of aromatic nitrogens is 1.